The van der Waals surface area contributed by atoms with Crippen LogP contribution in [0, 0.1) is 0 Å². The van der Waals surface area contributed by atoms with Crippen molar-refractivity contribution in [2.24, 2.45) is 10.1 Å². The third-order valence-corrected chi connectivity index (χ3v) is 4.99. The van der Waals surface area contributed by atoms with Gasteiger partial charge in [-0.15, -0.1) is 0 Å². The number of guanidine groups is 1. The Balaban J connectivity index is 1.88. The minimum Gasteiger partial charge on any atom is -0.378 e. The number of nitrogens with two attached hydrogens (primary N) is 1. The predicted molar refractivity (Wildman–Crippen MR) is 94.2 cm³/mol. The highest BCUT2D eigenvalue weighted by Crippen LogP contribution is 2.14. The van der Waals surface area contributed by atoms with Gasteiger partial charge in [0.05, 0.1) is 11.0 Å². The van der Waals surface area contributed by atoms with Crippen molar-refractivity contribution < 1.29 is 13.2 Å². The fourth-order valence-corrected chi connectivity index (χ4v) is 3.30. The van der Waals surface area contributed by atoms with Crippen LogP contribution in [0.1, 0.15) is 25.3 Å². The van der Waals surface area contributed by atoms with E-state index in [-0.39, 0.29) is 4.90 Å². The summed E-state index contributed by atoms with van der Waals surface area (Å²) in [5.74, 6) is 0.848. The molecule has 7 nitrogen and oxygen atoms in total. The number of likely N-dealkylation sites (tertiary alicyclic amines) is 1. The van der Waals surface area contributed by atoms with Crippen molar-refractivity contribution in [1.29, 1.82) is 0 Å². The van der Waals surface area contributed by atoms with Gasteiger partial charge in [0.2, 0.25) is 10.0 Å². The largest absolute Gasteiger partial charge is 0.378 e. The Morgan fingerprint density at radius 1 is 1.33 bits per heavy atom. The number of rotatable bonds is 5. The summed E-state index contributed by atoms with van der Waals surface area (Å²) >= 11 is 0. The Bertz CT molecular complexity index is 650. The van der Waals surface area contributed by atoms with E-state index in [0.717, 1.165) is 44.1 Å². The number of benzene rings is 1. The van der Waals surface area contributed by atoms with E-state index < -0.39 is 10.0 Å². The van der Waals surface area contributed by atoms with Crippen molar-refractivity contribution in [3.8, 4) is 0 Å². The molecule has 0 amide bonds. The smallest absolute Gasteiger partial charge is 0.238 e. The molecule has 1 fully saturated rings. The maximum absolute atomic E-state index is 11.3. The van der Waals surface area contributed by atoms with Gasteiger partial charge in [0.15, 0.2) is 5.96 Å². The molecule has 1 aliphatic heterocycles. The summed E-state index contributed by atoms with van der Waals surface area (Å²) in [5, 5.41) is 8.42. The van der Waals surface area contributed by atoms with Gasteiger partial charge in [-0.25, -0.2) is 13.6 Å². The zero-order valence-electron chi connectivity index (χ0n) is 14.2. The zero-order valence-corrected chi connectivity index (χ0v) is 15.1. The number of aliphatic imine (C=N–C) groups is 1. The number of primary sulfonamides is 1. The molecule has 1 saturated heterocycles. The van der Waals surface area contributed by atoms with Gasteiger partial charge in [-0.3, -0.25) is 4.99 Å². The van der Waals surface area contributed by atoms with Crippen LogP contribution in [0.25, 0.3) is 0 Å². The summed E-state index contributed by atoms with van der Waals surface area (Å²) in [6, 6.07) is 6.54. The number of piperidine rings is 1. The van der Waals surface area contributed by atoms with E-state index in [0.29, 0.717) is 12.6 Å². The Labute approximate surface area is 143 Å². The van der Waals surface area contributed by atoms with E-state index in [1.807, 2.05) is 6.92 Å². The number of sulfonamides is 1. The van der Waals surface area contributed by atoms with Crippen LogP contribution in [0.3, 0.4) is 0 Å². The van der Waals surface area contributed by atoms with Crippen molar-refractivity contribution in [2.75, 3.05) is 26.7 Å². The molecular weight excluding hydrogens is 328 g/mol. The molecule has 2 rings (SSSR count). The SMILES string of the molecule is CCOC1CCN(C(=NC)NCc2ccc(S(N)(=O)=O)cc2)CC1. The molecule has 0 spiro atoms. The topological polar surface area (TPSA) is 97.0 Å². The third kappa shape index (κ3) is 5.19. The lowest BCUT2D eigenvalue weighted by molar-refractivity contribution is 0.0263. The van der Waals surface area contributed by atoms with Crippen LogP contribution < -0.4 is 10.5 Å². The van der Waals surface area contributed by atoms with E-state index in [2.05, 4.69) is 15.2 Å². The second-order valence-electron chi connectivity index (χ2n) is 5.73. The van der Waals surface area contributed by atoms with E-state index in [1.54, 1.807) is 19.2 Å². The first kappa shape index (κ1) is 18.7. The van der Waals surface area contributed by atoms with Gasteiger partial charge in [0, 0.05) is 33.3 Å². The Morgan fingerprint density at radius 2 is 1.96 bits per heavy atom. The maximum atomic E-state index is 11.3. The zero-order chi connectivity index (χ0) is 17.6. The Kier molecular flexibility index (Phi) is 6.59. The monoisotopic (exact) mass is 354 g/mol. The van der Waals surface area contributed by atoms with Crippen LogP contribution in [0.15, 0.2) is 34.2 Å². The number of hydrogen-bond donors (Lipinski definition) is 2. The normalized spacial score (nSPS) is 17.1. The Morgan fingerprint density at radius 3 is 2.46 bits per heavy atom. The van der Waals surface area contributed by atoms with E-state index in [1.165, 1.54) is 12.1 Å². The molecule has 3 N–H and O–H groups in total. The van der Waals surface area contributed by atoms with Crippen LogP contribution >= 0.6 is 0 Å². The third-order valence-electron chi connectivity index (χ3n) is 4.06. The second-order valence-corrected chi connectivity index (χ2v) is 7.29. The summed E-state index contributed by atoms with van der Waals surface area (Å²) in [6.45, 7) is 5.17. The lowest BCUT2D eigenvalue weighted by Crippen LogP contribution is -2.46. The van der Waals surface area contributed by atoms with Crippen LogP contribution in [0.5, 0.6) is 0 Å². The summed E-state index contributed by atoms with van der Waals surface area (Å²) in [7, 11) is -1.88. The van der Waals surface area contributed by atoms with Gasteiger partial charge in [0.25, 0.3) is 0 Å². The number of nitrogens with zero attached hydrogens (tertiary/aromatic N) is 2. The summed E-state index contributed by atoms with van der Waals surface area (Å²) < 4.78 is 28.2. The molecule has 1 aromatic rings. The van der Waals surface area contributed by atoms with Crippen molar-refractivity contribution in [2.45, 2.75) is 37.3 Å². The molecule has 1 aliphatic rings. The summed E-state index contributed by atoms with van der Waals surface area (Å²) in [4.78, 5) is 6.66. The molecule has 0 atom stereocenters. The lowest BCUT2D eigenvalue weighted by Gasteiger charge is -2.34. The van der Waals surface area contributed by atoms with Crippen molar-refractivity contribution >= 4 is 16.0 Å². The minimum absolute atomic E-state index is 0.119. The molecule has 0 aromatic heterocycles. The lowest BCUT2D eigenvalue weighted by atomic mass is 10.1. The highest BCUT2D eigenvalue weighted by molar-refractivity contribution is 7.89. The average molecular weight is 354 g/mol. The highest BCUT2D eigenvalue weighted by Gasteiger charge is 2.21. The predicted octanol–water partition coefficient (Wildman–Crippen LogP) is 0.910. The summed E-state index contributed by atoms with van der Waals surface area (Å²) in [5.41, 5.74) is 0.966. The van der Waals surface area contributed by atoms with Crippen molar-refractivity contribution in [1.82, 2.24) is 10.2 Å². The van der Waals surface area contributed by atoms with Gasteiger partial charge in [0.1, 0.15) is 0 Å². The van der Waals surface area contributed by atoms with Crippen molar-refractivity contribution in [3.63, 3.8) is 0 Å². The van der Waals surface area contributed by atoms with Crippen LogP contribution in [-0.2, 0) is 21.3 Å². The van der Waals surface area contributed by atoms with E-state index in [9.17, 15) is 8.42 Å². The quantitative estimate of drug-likeness (QED) is 0.605. The van der Waals surface area contributed by atoms with Crippen LogP contribution in [-0.4, -0.2) is 52.1 Å². The van der Waals surface area contributed by atoms with Gasteiger partial charge in [-0.1, -0.05) is 12.1 Å². The van der Waals surface area contributed by atoms with Crippen molar-refractivity contribution in [3.05, 3.63) is 29.8 Å². The second kappa shape index (κ2) is 8.46. The molecule has 0 aliphatic carbocycles. The highest BCUT2D eigenvalue weighted by atomic mass is 32.2. The fourth-order valence-electron chi connectivity index (χ4n) is 2.78. The van der Waals surface area contributed by atoms with Gasteiger partial charge in [-0.2, -0.15) is 0 Å². The molecule has 0 saturated carbocycles. The van der Waals surface area contributed by atoms with Gasteiger partial charge >= 0.3 is 0 Å². The van der Waals surface area contributed by atoms with Gasteiger partial charge in [-0.05, 0) is 37.5 Å². The van der Waals surface area contributed by atoms with E-state index >= 15 is 0 Å². The minimum atomic E-state index is -3.65. The number of hydrogen-bond acceptors (Lipinski definition) is 4. The first-order chi connectivity index (χ1) is 11.4. The number of ether oxygens (including phenoxy) is 1. The molecule has 0 unspecified atom stereocenters. The molecule has 134 valence electrons. The van der Waals surface area contributed by atoms with Crippen LogP contribution in [0.2, 0.25) is 0 Å². The molecule has 24 heavy (non-hydrogen) atoms. The average Bonchev–Trinajstić information content (AvgIpc) is 2.57. The number of nitrogens with one attached hydrogen (secondary N) is 1. The standard InChI is InChI=1S/C16H26N4O3S/c1-3-23-14-8-10-20(11-9-14)16(18-2)19-12-13-4-6-15(7-5-13)24(17,21)22/h4-7,14H,3,8-12H2,1-2H3,(H,18,19)(H2,17,21,22). The van der Waals surface area contributed by atoms with Gasteiger partial charge < -0.3 is 15.0 Å². The maximum Gasteiger partial charge on any atom is 0.238 e. The first-order valence-electron chi connectivity index (χ1n) is 8.13. The van der Waals surface area contributed by atoms with Crippen LogP contribution in [0.4, 0.5) is 0 Å². The molecule has 1 heterocycles. The fraction of sp³-hybridized carbons (Fsp3) is 0.562. The molecule has 0 bridgehead atoms. The summed E-state index contributed by atoms with van der Waals surface area (Å²) in [6.07, 6.45) is 2.34. The first-order valence-corrected chi connectivity index (χ1v) is 9.67. The molecule has 0 radical (unpaired) electrons. The van der Waals surface area contributed by atoms with E-state index in [4.69, 9.17) is 9.88 Å². The molecule has 8 heteroatoms. The molecular formula is C16H26N4O3S. The molecule has 1 aromatic carbocycles. The Hall–Kier alpha value is -1.64.